The number of hydrogen-bond donors (Lipinski definition) is 4. The summed E-state index contributed by atoms with van der Waals surface area (Å²) in [7, 11) is 0. The molecule has 3 rings (SSSR count). The highest BCUT2D eigenvalue weighted by Gasteiger charge is 2.37. The Hall–Kier alpha value is -2.54. The number of rotatable bonds is 8. The summed E-state index contributed by atoms with van der Waals surface area (Å²) in [6, 6.07) is 8.11. The summed E-state index contributed by atoms with van der Waals surface area (Å²) in [5, 5.41) is 10.5. The van der Waals surface area contributed by atoms with Crippen molar-refractivity contribution in [1.82, 2.24) is 15.3 Å². The van der Waals surface area contributed by atoms with Gasteiger partial charge in [-0.05, 0) is 71.2 Å². The zero-order valence-corrected chi connectivity index (χ0v) is 18.9. The van der Waals surface area contributed by atoms with E-state index in [2.05, 4.69) is 60.5 Å². The number of anilines is 4. The molecule has 2 aromatic rings. The van der Waals surface area contributed by atoms with Crippen molar-refractivity contribution >= 4 is 23.0 Å². The fourth-order valence-electron chi connectivity index (χ4n) is 4.33. The van der Waals surface area contributed by atoms with Crippen LogP contribution in [0.4, 0.5) is 23.0 Å². The van der Waals surface area contributed by atoms with Gasteiger partial charge in [0.2, 0.25) is 0 Å². The monoisotopic (exact) mass is 412 g/mol. The van der Waals surface area contributed by atoms with Crippen LogP contribution in [0.25, 0.3) is 0 Å². The predicted octanol–water partition coefficient (Wildman–Crippen LogP) is 4.70. The standard InChI is InChI=1S/C23H36N6O/c1-6-7-12-30-18-10-8-16(9-11-18)27-20-19(24)21(26-15-25-20)28-17-13-22(2,3)29-23(4,5)14-17/h8-11,15,17,29H,6-7,12-14,24H2,1-5H3,(H2,25,26,27,28). The Bertz CT molecular complexity index is 818. The van der Waals surface area contributed by atoms with E-state index in [1.165, 1.54) is 0 Å². The van der Waals surface area contributed by atoms with Crippen LogP contribution in [-0.2, 0) is 0 Å². The van der Waals surface area contributed by atoms with E-state index >= 15 is 0 Å². The second-order valence-electron chi connectivity index (χ2n) is 9.48. The van der Waals surface area contributed by atoms with Crippen molar-refractivity contribution in [2.45, 2.75) is 77.4 Å². The molecule has 7 heteroatoms. The first-order valence-electron chi connectivity index (χ1n) is 10.8. The van der Waals surface area contributed by atoms with E-state index < -0.39 is 0 Å². The maximum absolute atomic E-state index is 6.40. The van der Waals surface area contributed by atoms with Gasteiger partial charge < -0.3 is 26.4 Å². The smallest absolute Gasteiger partial charge is 0.159 e. The molecule has 0 amide bonds. The van der Waals surface area contributed by atoms with E-state index in [1.54, 1.807) is 6.33 Å². The van der Waals surface area contributed by atoms with Gasteiger partial charge in [0, 0.05) is 22.8 Å². The molecule has 1 aromatic heterocycles. The number of nitrogens with two attached hydrogens (primary N) is 1. The lowest BCUT2D eigenvalue weighted by Gasteiger charge is -2.46. The van der Waals surface area contributed by atoms with E-state index in [0.717, 1.165) is 43.7 Å². The van der Waals surface area contributed by atoms with Gasteiger partial charge in [-0.25, -0.2) is 9.97 Å². The zero-order valence-electron chi connectivity index (χ0n) is 18.9. The van der Waals surface area contributed by atoms with Crippen molar-refractivity contribution in [3.63, 3.8) is 0 Å². The average Bonchev–Trinajstić information content (AvgIpc) is 2.64. The van der Waals surface area contributed by atoms with Gasteiger partial charge in [0.15, 0.2) is 11.6 Å². The van der Waals surface area contributed by atoms with Crippen LogP contribution in [0.1, 0.15) is 60.3 Å². The minimum atomic E-state index is 0.0449. The van der Waals surface area contributed by atoms with Crippen molar-refractivity contribution in [3.8, 4) is 5.75 Å². The molecule has 0 aliphatic carbocycles. The minimum absolute atomic E-state index is 0.0449. The molecule has 0 unspecified atom stereocenters. The number of ether oxygens (including phenoxy) is 1. The lowest BCUT2D eigenvalue weighted by molar-refractivity contribution is 0.170. The van der Waals surface area contributed by atoms with Crippen LogP contribution in [0, 0.1) is 0 Å². The number of aromatic nitrogens is 2. The lowest BCUT2D eigenvalue weighted by atomic mass is 9.79. The Kier molecular flexibility index (Phi) is 6.71. The van der Waals surface area contributed by atoms with Crippen LogP contribution < -0.4 is 26.4 Å². The maximum Gasteiger partial charge on any atom is 0.159 e. The van der Waals surface area contributed by atoms with Gasteiger partial charge in [0.05, 0.1) is 6.61 Å². The van der Waals surface area contributed by atoms with E-state index in [0.29, 0.717) is 17.3 Å². The highest BCUT2D eigenvalue weighted by Crippen LogP contribution is 2.33. The highest BCUT2D eigenvalue weighted by atomic mass is 16.5. The molecule has 1 aliphatic rings. The molecular weight excluding hydrogens is 376 g/mol. The first-order chi connectivity index (χ1) is 14.2. The Morgan fingerprint density at radius 3 is 2.33 bits per heavy atom. The van der Waals surface area contributed by atoms with Crippen LogP contribution in [0.3, 0.4) is 0 Å². The summed E-state index contributed by atoms with van der Waals surface area (Å²) in [5.41, 5.74) is 7.92. The Morgan fingerprint density at radius 1 is 1.07 bits per heavy atom. The summed E-state index contributed by atoms with van der Waals surface area (Å²) in [6.45, 7) is 11.8. The van der Waals surface area contributed by atoms with Gasteiger partial charge in [0.1, 0.15) is 17.8 Å². The van der Waals surface area contributed by atoms with E-state index in [4.69, 9.17) is 10.5 Å². The molecule has 5 N–H and O–H groups in total. The molecule has 0 spiro atoms. The molecule has 1 saturated heterocycles. The number of hydrogen-bond acceptors (Lipinski definition) is 7. The van der Waals surface area contributed by atoms with Crippen molar-refractivity contribution in [2.24, 2.45) is 0 Å². The minimum Gasteiger partial charge on any atom is -0.494 e. The SMILES string of the molecule is CCCCOc1ccc(Nc2ncnc(NC3CC(C)(C)NC(C)(C)C3)c2N)cc1. The fraction of sp³-hybridized carbons (Fsp3) is 0.565. The molecule has 1 aliphatic heterocycles. The van der Waals surface area contributed by atoms with Crippen molar-refractivity contribution in [1.29, 1.82) is 0 Å². The summed E-state index contributed by atoms with van der Waals surface area (Å²) in [4.78, 5) is 8.74. The van der Waals surface area contributed by atoms with Crippen molar-refractivity contribution in [3.05, 3.63) is 30.6 Å². The molecule has 0 atom stereocenters. The second-order valence-corrected chi connectivity index (χ2v) is 9.48. The second kappa shape index (κ2) is 9.08. The van der Waals surface area contributed by atoms with Gasteiger partial charge >= 0.3 is 0 Å². The Labute approximate surface area is 180 Å². The van der Waals surface area contributed by atoms with Gasteiger partial charge in [0.25, 0.3) is 0 Å². The van der Waals surface area contributed by atoms with E-state index in [9.17, 15) is 0 Å². The topological polar surface area (TPSA) is 97.1 Å². The Morgan fingerprint density at radius 2 is 1.70 bits per heavy atom. The normalized spacial score (nSPS) is 18.0. The molecule has 1 aromatic carbocycles. The largest absolute Gasteiger partial charge is 0.494 e. The molecular formula is C23H36N6O. The van der Waals surface area contributed by atoms with E-state index in [-0.39, 0.29) is 17.1 Å². The molecule has 0 bridgehead atoms. The van der Waals surface area contributed by atoms with Crippen LogP contribution >= 0.6 is 0 Å². The predicted molar refractivity (Wildman–Crippen MR) is 125 cm³/mol. The summed E-state index contributed by atoms with van der Waals surface area (Å²) in [5.74, 6) is 2.13. The lowest BCUT2D eigenvalue weighted by Crippen LogP contribution is -2.60. The third-order valence-electron chi connectivity index (χ3n) is 5.30. The number of nitrogens with zero attached hydrogens (tertiary/aromatic N) is 2. The average molecular weight is 413 g/mol. The molecule has 7 nitrogen and oxygen atoms in total. The number of nitrogen functional groups attached to an aromatic ring is 1. The number of benzene rings is 1. The zero-order chi connectivity index (χ0) is 21.8. The maximum atomic E-state index is 6.40. The molecule has 2 heterocycles. The molecule has 1 fully saturated rings. The van der Waals surface area contributed by atoms with E-state index in [1.807, 2.05) is 24.3 Å². The first-order valence-corrected chi connectivity index (χ1v) is 10.8. The van der Waals surface area contributed by atoms with Gasteiger partial charge in [-0.2, -0.15) is 0 Å². The van der Waals surface area contributed by atoms with Crippen molar-refractivity contribution < 1.29 is 4.74 Å². The van der Waals surface area contributed by atoms with Gasteiger partial charge in [-0.3, -0.25) is 0 Å². The number of unbranched alkanes of at least 4 members (excludes halogenated alkanes) is 1. The highest BCUT2D eigenvalue weighted by molar-refractivity contribution is 5.77. The Balaban J connectivity index is 1.68. The van der Waals surface area contributed by atoms with Gasteiger partial charge in [-0.15, -0.1) is 0 Å². The fourth-order valence-corrected chi connectivity index (χ4v) is 4.33. The van der Waals surface area contributed by atoms with Crippen LogP contribution in [0.5, 0.6) is 5.75 Å². The number of piperidine rings is 1. The van der Waals surface area contributed by atoms with Crippen LogP contribution in [0.15, 0.2) is 30.6 Å². The number of nitrogens with one attached hydrogen (secondary N) is 3. The van der Waals surface area contributed by atoms with Crippen molar-refractivity contribution in [2.75, 3.05) is 23.0 Å². The summed E-state index contributed by atoms with van der Waals surface area (Å²) >= 11 is 0. The van der Waals surface area contributed by atoms with Crippen LogP contribution in [-0.4, -0.2) is 33.7 Å². The third kappa shape index (κ3) is 5.98. The van der Waals surface area contributed by atoms with Crippen LogP contribution in [0.2, 0.25) is 0 Å². The molecule has 0 saturated carbocycles. The third-order valence-corrected chi connectivity index (χ3v) is 5.30. The van der Waals surface area contributed by atoms with Gasteiger partial charge in [-0.1, -0.05) is 13.3 Å². The summed E-state index contributed by atoms with van der Waals surface area (Å²) < 4.78 is 5.72. The first kappa shape index (κ1) is 22.2. The molecule has 30 heavy (non-hydrogen) atoms. The summed E-state index contributed by atoms with van der Waals surface area (Å²) in [6.07, 6.45) is 5.69. The molecule has 164 valence electrons. The molecule has 0 radical (unpaired) electrons. The quantitative estimate of drug-likeness (QED) is 0.467.